The molecule has 0 aliphatic carbocycles. The smallest absolute Gasteiger partial charge is 0.150 e. The lowest BCUT2D eigenvalue weighted by molar-refractivity contribution is 0.277. The molecule has 88 valence electrons. The van der Waals surface area contributed by atoms with Gasteiger partial charge in [-0.3, -0.25) is 0 Å². The molecule has 0 amide bonds. The molecule has 0 atom stereocenters. The first-order chi connectivity index (χ1) is 7.61. The van der Waals surface area contributed by atoms with Crippen LogP contribution in [0.25, 0.3) is 0 Å². The molecular weight excluding hydrogens is 226 g/mol. The molecule has 0 radical (unpaired) electrons. The lowest BCUT2D eigenvalue weighted by atomic mass is 9.84. The fraction of sp³-hybridized carbons (Fsp3) is 0.700. The zero-order valence-electron chi connectivity index (χ0n) is 8.99. The van der Waals surface area contributed by atoms with E-state index in [0.717, 1.165) is 24.4 Å². The summed E-state index contributed by atoms with van der Waals surface area (Å²) in [5.41, 5.74) is 2.01. The molecule has 0 bridgehead atoms. The number of nitrogens with zero attached hydrogens (tertiary/aromatic N) is 1. The Morgan fingerprint density at radius 3 is 2.81 bits per heavy atom. The molecule has 1 spiro atoms. The molecule has 2 aliphatic rings. The Morgan fingerprint density at radius 1 is 1.31 bits per heavy atom. The molecular formula is C10H15N3O2S. The van der Waals surface area contributed by atoms with Crippen LogP contribution in [0.4, 0.5) is 0 Å². The molecule has 2 aliphatic heterocycles. The fourth-order valence-corrected chi connectivity index (χ4v) is 4.26. The maximum absolute atomic E-state index is 11.5. The van der Waals surface area contributed by atoms with Crippen LogP contribution in [0.2, 0.25) is 0 Å². The number of H-pyrrole nitrogens is 1. The molecule has 16 heavy (non-hydrogen) atoms. The molecule has 1 aromatic rings. The van der Waals surface area contributed by atoms with Gasteiger partial charge in [0, 0.05) is 18.7 Å². The van der Waals surface area contributed by atoms with Crippen LogP contribution in [-0.2, 0) is 21.8 Å². The summed E-state index contributed by atoms with van der Waals surface area (Å²) < 4.78 is 22.9. The van der Waals surface area contributed by atoms with Crippen LogP contribution < -0.4 is 5.32 Å². The van der Waals surface area contributed by atoms with Gasteiger partial charge in [0.05, 0.1) is 29.1 Å². The highest BCUT2D eigenvalue weighted by Crippen LogP contribution is 2.36. The van der Waals surface area contributed by atoms with Gasteiger partial charge in [0.25, 0.3) is 0 Å². The molecule has 0 unspecified atom stereocenters. The fourth-order valence-electron chi connectivity index (χ4n) is 2.73. The van der Waals surface area contributed by atoms with Crippen molar-refractivity contribution in [3.8, 4) is 0 Å². The van der Waals surface area contributed by atoms with Gasteiger partial charge < -0.3 is 10.3 Å². The molecule has 3 heterocycles. The Balaban J connectivity index is 1.97. The number of aromatic nitrogens is 2. The Labute approximate surface area is 94.6 Å². The van der Waals surface area contributed by atoms with Crippen molar-refractivity contribution in [2.45, 2.75) is 24.8 Å². The number of rotatable bonds is 0. The summed E-state index contributed by atoms with van der Waals surface area (Å²) in [4.78, 5) is 7.52. The van der Waals surface area contributed by atoms with Crippen LogP contribution in [0.3, 0.4) is 0 Å². The predicted molar refractivity (Wildman–Crippen MR) is 59.9 cm³/mol. The highest BCUT2D eigenvalue weighted by atomic mass is 32.2. The van der Waals surface area contributed by atoms with Gasteiger partial charge in [-0.25, -0.2) is 13.4 Å². The summed E-state index contributed by atoms with van der Waals surface area (Å²) in [6.45, 7) is 0.898. The van der Waals surface area contributed by atoms with E-state index in [0.29, 0.717) is 12.8 Å². The van der Waals surface area contributed by atoms with Crippen molar-refractivity contribution in [1.29, 1.82) is 0 Å². The van der Waals surface area contributed by atoms with Crippen LogP contribution in [0.1, 0.15) is 24.2 Å². The highest BCUT2D eigenvalue weighted by molar-refractivity contribution is 7.91. The Bertz CT molecular complexity index is 492. The van der Waals surface area contributed by atoms with E-state index in [9.17, 15) is 8.42 Å². The third-order valence-electron chi connectivity index (χ3n) is 3.69. The topological polar surface area (TPSA) is 74.8 Å². The summed E-state index contributed by atoms with van der Waals surface area (Å²) in [5, 5.41) is 3.47. The summed E-state index contributed by atoms with van der Waals surface area (Å²) in [6, 6.07) is 0. The van der Waals surface area contributed by atoms with Crippen molar-refractivity contribution in [1.82, 2.24) is 15.3 Å². The first kappa shape index (κ1) is 10.3. The molecule has 1 fully saturated rings. The van der Waals surface area contributed by atoms with Crippen molar-refractivity contribution in [2.75, 3.05) is 18.1 Å². The summed E-state index contributed by atoms with van der Waals surface area (Å²) >= 11 is 0. The van der Waals surface area contributed by atoms with E-state index in [4.69, 9.17) is 0 Å². The average Bonchev–Trinajstić information content (AvgIpc) is 2.72. The van der Waals surface area contributed by atoms with Gasteiger partial charge in [-0.1, -0.05) is 0 Å². The predicted octanol–water partition coefficient (Wildman–Crippen LogP) is -0.0407. The van der Waals surface area contributed by atoms with Crippen molar-refractivity contribution < 1.29 is 8.42 Å². The van der Waals surface area contributed by atoms with E-state index in [1.807, 2.05) is 0 Å². The monoisotopic (exact) mass is 241 g/mol. The molecule has 5 nitrogen and oxygen atoms in total. The molecule has 1 saturated heterocycles. The van der Waals surface area contributed by atoms with E-state index < -0.39 is 9.84 Å². The Kier molecular flexibility index (Phi) is 2.12. The number of hydrogen-bond acceptors (Lipinski definition) is 4. The first-order valence-electron chi connectivity index (χ1n) is 5.60. The molecule has 3 rings (SSSR count). The quantitative estimate of drug-likeness (QED) is 0.668. The maximum atomic E-state index is 11.5. The van der Waals surface area contributed by atoms with E-state index in [1.54, 1.807) is 6.33 Å². The van der Waals surface area contributed by atoms with Gasteiger partial charge in [-0.05, 0) is 12.8 Å². The molecule has 2 N–H and O–H groups in total. The van der Waals surface area contributed by atoms with Gasteiger partial charge in [0.1, 0.15) is 9.84 Å². The standard InChI is InChI=1S/C10H15N3O2S/c14-16(15)5-2-10(3-6-16)9-8(1-4-13-10)11-7-12-9/h7,13H,1-6H2,(H,11,12). The van der Waals surface area contributed by atoms with E-state index >= 15 is 0 Å². The normalized spacial score (nSPS) is 26.5. The Morgan fingerprint density at radius 2 is 2.06 bits per heavy atom. The van der Waals surface area contributed by atoms with Crippen LogP contribution in [0.15, 0.2) is 6.33 Å². The minimum absolute atomic E-state index is 0.196. The zero-order valence-corrected chi connectivity index (χ0v) is 9.81. The second kappa shape index (κ2) is 3.30. The number of aromatic amines is 1. The van der Waals surface area contributed by atoms with Crippen molar-refractivity contribution in [3.05, 3.63) is 17.7 Å². The SMILES string of the molecule is O=S1(=O)CCC2(CC1)NCCc1[nH]cnc12. The second-order valence-electron chi connectivity index (χ2n) is 4.64. The Hall–Kier alpha value is -0.880. The minimum Gasteiger partial charge on any atom is -0.348 e. The van der Waals surface area contributed by atoms with Gasteiger partial charge in [-0.15, -0.1) is 0 Å². The highest BCUT2D eigenvalue weighted by Gasteiger charge is 2.42. The summed E-state index contributed by atoms with van der Waals surface area (Å²) in [5.74, 6) is 0.540. The molecule has 6 heteroatoms. The largest absolute Gasteiger partial charge is 0.348 e. The minimum atomic E-state index is -2.82. The van der Waals surface area contributed by atoms with Gasteiger partial charge in [-0.2, -0.15) is 0 Å². The zero-order chi connectivity index (χ0) is 11.2. The van der Waals surface area contributed by atoms with E-state index in [1.165, 1.54) is 0 Å². The van der Waals surface area contributed by atoms with Crippen molar-refractivity contribution >= 4 is 9.84 Å². The second-order valence-corrected chi connectivity index (χ2v) is 6.94. The number of nitrogens with one attached hydrogen (secondary N) is 2. The summed E-state index contributed by atoms with van der Waals surface area (Å²) in [6.07, 6.45) is 3.95. The maximum Gasteiger partial charge on any atom is 0.150 e. The number of imidazole rings is 1. The van der Waals surface area contributed by atoms with Crippen LogP contribution in [0.5, 0.6) is 0 Å². The van der Waals surface area contributed by atoms with E-state index in [-0.39, 0.29) is 17.0 Å². The molecule has 1 aromatic heterocycles. The van der Waals surface area contributed by atoms with Gasteiger partial charge in [0.2, 0.25) is 0 Å². The van der Waals surface area contributed by atoms with Crippen molar-refractivity contribution in [2.24, 2.45) is 0 Å². The molecule has 0 saturated carbocycles. The third kappa shape index (κ3) is 1.48. The van der Waals surface area contributed by atoms with Crippen LogP contribution in [-0.4, -0.2) is 36.4 Å². The number of sulfone groups is 1. The van der Waals surface area contributed by atoms with Crippen LogP contribution in [0, 0.1) is 0 Å². The first-order valence-corrected chi connectivity index (χ1v) is 7.42. The van der Waals surface area contributed by atoms with Gasteiger partial charge >= 0.3 is 0 Å². The average molecular weight is 241 g/mol. The summed E-state index contributed by atoms with van der Waals surface area (Å²) in [7, 11) is -2.82. The van der Waals surface area contributed by atoms with Crippen LogP contribution >= 0.6 is 0 Å². The van der Waals surface area contributed by atoms with E-state index in [2.05, 4.69) is 15.3 Å². The lowest BCUT2D eigenvalue weighted by Crippen LogP contribution is -2.52. The number of hydrogen-bond donors (Lipinski definition) is 2. The van der Waals surface area contributed by atoms with Crippen molar-refractivity contribution in [3.63, 3.8) is 0 Å². The number of fused-ring (bicyclic) bond motifs is 2. The lowest BCUT2D eigenvalue weighted by Gasteiger charge is -2.40. The molecule has 0 aromatic carbocycles. The van der Waals surface area contributed by atoms with Gasteiger partial charge in [0.15, 0.2) is 0 Å². The third-order valence-corrected chi connectivity index (χ3v) is 5.34.